The van der Waals surface area contributed by atoms with Crippen molar-refractivity contribution in [1.29, 1.82) is 0 Å². The molecule has 0 aliphatic carbocycles. The van der Waals surface area contributed by atoms with Gasteiger partial charge < -0.3 is 5.32 Å². The second kappa shape index (κ2) is 7.31. The van der Waals surface area contributed by atoms with Crippen molar-refractivity contribution in [2.45, 2.75) is 19.8 Å². The van der Waals surface area contributed by atoms with Gasteiger partial charge in [0.1, 0.15) is 0 Å². The first kappa shape index (κ1) is 14.9. The molecule has 18 heavy (non-hydrogen) atoms. The van der Waals surface area contributed by atoms with E-state index < -0.39 is 17.5 Å². The normalized spacial score (nSPS) is 12.2. The van der Waals surface area contributed by atoms with Crippen LogP contribution in [0.3, 0.4) is 0 Å². The molecule has 1 N–H and O–H groups in total. The van der Waals surface area contributed by atoms with E-state index in [4.69, 9.17) is 11.6 Å². The molecule has 0 spiro atoms. The summed E-state index contributed by atoms with van der Waals surface area (Å²) in [4.78, 5) is 11.6. The van der Waals surface area contributed by atoms with Crippen molar-refractivity contribution >= 4 is 17.5 Å². The smallest absolute Gasteiger partial charge is 0.254 e. The molecule has 1 rings (SSSR count). The Bertz CT molecular complexity index is 412. The number of hydrogen-bond donors (Lipinski definition) is 1. The van der Waals surface area contributed by atoms with Crippen molar-refractivity contribution in [3.05, 3.63) is 35.4 Å². The third kappa shape index (κ3) is 4.26. The first-order valence-corrected chi connectivity index (χ1v) is 6.38. The Labute approximate surface area is 110 Å². The Morgan fingerprint density at radius 2 is 2.17 bits per heavy atom. The number of halogens is 3. The third-order valence-electron chi connectivity index (χ3n) is 2.62. The minimum absolute atomic E-state index is 0.264. The highest BCUT2D eigenvalue weighted by atomic mass is 35.5. The van der Waals surface area contributed by atoms with Gasteiger partial charge in [0, 0.05) is 12.4 Å². The highest BCUT2D eigenvalue weighted by Gasteiger charge is 2.14. The Morgan fingerprint density at radius 1 is 1.44 bits per heavy atom. The monoisotopic (exact) mass is 275 g/mol. The van der Waals surface area contributed by atoms with Gasteiger partial charge in [-0.1, -0.05) is 13.0 Å². The van der Waals surface area contributed by atoms with Crippen LogP contribution in [-0.2, 0) is 0 Å². The number of alkyl halides is 1. The molecule has 0 heterocycles. The molecule has 0 fully saturated rings. The van der Waals surface area contributed by atoms with E-state index in [1.54, 1.807) is 0 Å². The molecule has 0 aromatic heterocycles. The third-order valence-corrected chi connectivity index (χ3v) is 3.15. The Kier molecular flexibility index (Phi) is 6.05. The van der Waals surface area contributed by atoms with Crippen molar-refractivity contribution in [2.24, 2.45) is 5.92 Å². The zero-order chi connectivity index (χ0) is 13.5. The van der Waals surface area contributed by atoms with Crippen LogP contribution in [0.1, 0.15) is 30.1 Å². The summed E-state index contributed by atoms with van der Waals surface area (Å²) >= 11 is 5.65. The number of carbonyl (C=O) groups excluding carboxylic acids is 1. The van der Waals surface area contributed by atoms with Gasteiger partial charge in [0.25, 0.3) is 5.91 Å². The second-order valence-corrected chi connectivity index (χ2v) is 4.57. The van der Waals surface area contributed by atoms with Crippen LogP contribution < -0.4 is 5.32 Å². The van der Waals surface area contributed by atoms with Crippen molar-refractivity contribution in [1.82, 2.24) is 5.32 Å². The lowest BCUT2D eigenvalue weighted by molar-refractivity contribution is 0.0947. The molecular formula is C13H16ClF2NO. The Morgan fingerprint density at radius 3 is 2.83 bits per heavy atom. The van der Waals surface area contributed by atoms with Crippen LogP contribution in [0.25, 0.3) is 0 Å². The number of benzene rings is 1. The molecule has 1 amide bonds. The number of carbonyl (C=O) groups is 1. The van der Waals surface area contributed by atoms with Crippen LogP contribution in [0, 0.1) is 17.6 Å². The van der Waals surface area contributed by atoms with Crippen LogP contribution in [0.2, 0.25) is 0 Å². The summed E-state index contributed by atoms with van der Waals surface area (Å²) in [7, 11) is 0. The van der Waals surface area contributed by atoms with Crippen molar-refractivity contribution < 1.29 is 13.6 Å². The van der Waals surface area contributed by atoms with Gasteiger partial charge in [-0.3, -0.25) is 4.79 Å². The average molecular weight is 276 g/mol. The summed E-state index contributed by atoms with van der Waals surface area (Å²) in [5.41, 5.74) is -0.264. The van der Waals surface area contributed by atoms with Gasteiger partial charge >= 0.3 is 0 Å². The molecule has 2 nitrogen and oxygen atoms in total. The molecule has 5 heteroatoms. The van der Waals surface area contributed by atoms with E-state index >= 15 is 0 Å². The zero-order valence-corrected chi connectivity index (χ0v) is 10.9. The van der Waals surface area contributed by atoms with Crippen molar-refractivity contribution in [2.75, 3.05) is 12.4 Å². The molecule has 1 aromatic carbocycles. The summed E-state index contributed by atoms with van der Waals surface area (Å²) < 4.78 is 26.2. The van der Waals surface area contributed by atoms with Crippen LogP contribution >= 0.6 is 11.6 Å². The highest BCUT2D eigenvalue weighted by molar-refractivity contribution is 6.18. The molecule has 0 radical (unpaired) electrons. The highest BCUT2D eigenvalue weighted by Crippen LogP contribution is 2.11. The number of hydrogen-bond acceptors (Lipinski definition) is 1. The Balaban J connectivity index is 2.44. The SMILES string of the molecule is CC(CCl)CCCNC(=O)c1cccc(F)c1F. The van der Waals surface area contributed by atoms with Gasteiger partial charge in [0.2, 0.25) is 0 Å². The van der Waals surface area contributed by atoms with Gasteiger partial charge in [-0.25, -0.2) is 8.78 Å². The molecule has 0 bridgehead atoms. The zero-order valence-electron chi connectivity index (χ0n) is 10.2. The second-order valence-electron chi connectivity index (χ2n) is 4.26. The van der Waals surface area contributed by atoms with E-state index in [9.17, 15) is 13.6 Å². The predicted molar refractivity (Wildman–Crippen MR) is 67.8 cm³/mol. The molecule has 1 atom stereocenters. The van der Waals surface area contributed by atoms with Gasteiger partial charge in [-0.05, 0) is 30.9 Å². The first-order chi connectivity index (χ1) is 8.56. The molecule has 0 saturated carbocycles. The average Bonchev–Trinajstić information content (AvgIpc) is 2.37. The van der Waals surface area contributed by atoms with Gasteiger partial charge in [-0.2, -0.15) is 0 Å². The van der Waals surface area contributed by atoms with E-state index in [1.165, 1.54) is 12.1 Å². The fourth-order valence-corrected chi connectivity index (χ4v) is 1.66. The fourth-order valence-electron chi connectivity index (χ4n) is 1.50. The first-order valence-electron chi connectivity index (χ1n) is 5.84. The topological polar surface area (TPSA) is 29.1 Å². The van der Waals surface area contributed by atoms with Crippen LogP contribution in [-0.4, -0.2) is 18.3 Å². The quantitative estimate of drug-likeness (QED) is 0.626. The maximum absolute atomic E-state index is 13.3. The predicted octanol–water partition coefficient (Wildman–Crippen LogP) is 3.35. The van der Waals surface area contributed by atoms with E-state index in [0.717, 1.165) is 18.9 Å². The van der Waals surface area contributed by atoms with Crippen molar-refractivity contribution in [3.63, 3.8) is 0 Å². The van der Waals surface area contributed by atoms with Gasteiger partial charge in [0.05, 0.1) is 5.56 Å². The summed E-state index contributed by atoms with van der Waals surface area (Å²) in [6.45, 7) is 2.44. The van der Waals surface area contributed by atoms with Gasteiger partial charge in [-0.15, -0.1) is 11.6 Å². The molecule has 1 unspecified atom stereocenters. The molecule has 0 saturated heterocycles. The number of amides is 1. The summed E-state index contributed by atoms with van der Waals surface area (Å²) in [5.74, 6) is -1.76. The molecule has 100 valence electrons. The molecule has 1 aromatic rings. The number of rotatable bonds is 6. The summed E-state index contributed by atoms with van der Waals surface area (Å²) in [5, 5.41) is 2.56. The largest absolute Gasteiger partial charge is 0.352 e. The Hall–Kier alpha value is -1.16. The summed E-state index contributed by atoms with van der Waals surface area (Å²) in [6, 6.07) is 3.55. The molecular weight excluding hydrogens is 260 g/mol. The summed E-state index contributed by atoms with van der Waals surface area (Å²) in [6.07, 6.45) is 1.64. The molecule has 0 aliphatic rings. The van der Waals surface area contributed by atoms with Crippen LogP contribution in [0.15, 0.2) is 18.2 Å². The van der Waals surface area contributed by atoms with Gasteiger partial charge in [0.15, 0.2) is 11.6 Å². The van der Waals surface area contributed by atoms with Crippen LogP contribution in [0.5, 0.6) is 0 Å². The van der Waals surface area contributed by atoms with E-state index in [-0.39, 0.29) is 5.56 Å². The standard InChI is InChI=1S/C13H16ClF2NO/c1-9(8-14)4-3-7-17-13(18)10-5-2-6-11(15)12(10)16/h2,5-6,9H,3-4,7-8H2,1H3,(H,17,18). The number of nitrogens with one attached hydrogen (secondary N) is 1. The lowest BCUT2D eigenvalue weighted by Gasteiger charge is -2.08. The maximum Gasteiger partial charge on any atom is 0.254 e. The fraction of sp³-hybridized carbons (Fsp3) is 0.462. The minimum atomic E-state index is -1.11. The van der Waals surface area contributed by atoms with E-state index in [1.807, 2.05) is 6.92 Å². The lowest BCUT2D eigenvalue weighted by Crippen LogP contribution is -2.26. The van der Waals surface area contributed by atoms with Crippen molar-refractivity contribution in [3.8, 4) is 0 Å². The van der Waals surface area contributed by atoms with E-state index in [0.29, 0.717) is 18.3 Å². The maximum atomic E-state index is 13.3. The lowest BCUT2D eigenvalue weighted by atomic mass is 10.1. The van der Waals surface area contributed by atoms with Crippen LogP contribution in [0.4, 0.5) is 8.78 Å². The van der Waals surface area contributed by atoms with E-state index in [2.05, 4.69) is 5.32 Å². The minimum Gasteiger partial charge on any atom is -0.352 e. The molecule has 0 aliphatic heterocycles.